The molecule has 0 aliphatic heterocycles. The number of rotatable bonds is 5. The van der Waals surface area contributed by atoms with Crippen LogP contribution in [0.1, 0.15) is 11.4 Å². The predicted molar refractivity (Wildman–Crippen MR) is 84.3 cm³/mol. The van der Waals surface area contributed by atoms with E-state index in [1.54, 1.807) is 17.1 Å². The summed E-state index contributed by atoms with van der Waals surface area (Å²) in [5.41, 5.74) is 6.41. The Bertz CT molecular complexity index is 820. The van der Waals surface area contributed by atoms with Crippen LogP contribution in [0.3, 0.4) is 0 Å². The third-order valence-corrected chi connectivity index (χ3v) is 3.42. The first kappa shape index (κ1) is 15.2. The van der Waals surface area contributed by atoms with Crippen molar-refractivity contribution < 1.29 is 4.39 Å². The predicted octanol–water partition coefficient (Wildman–Crippen LogP) is 2.10. The summed E-state index contributed by atoms with van der Waals surface area (Å²) in [6.45, 7) is 0.762. The highest BCUT2D eigenvalue weighted by Crippen LogP contribution is 2.23. The largest absolute Gasteiger partial charge is 0.382 e. The van der Waals surface area contributed by atoms with Crippen molar-refractivity contribution >= 4 is 23.2 Å². The van der Waals surface area contributed by atoms with Gasteiger partial charge in [0.25, 0.3) is 0 Å². The van der Waals surface area contributed by atoms with Crippen molar-refractivity contribution in [1.29, 1.82) is 0 Å². The van der Waals surface area contributed by atoms with Crippen molar-refractivity contribution in [1.82, 2.24) is 24.7 Å². The zero-order valence-corrected chi connectivity index (χ0v) is 12.7. The van der Waals surface area contributed by atoms with Crippen LogP contribution in [0.4, 0.5) is 16.0 Å². The molecule has 0 unspecified atom stereocenters. The lowest BCUT2D eigenvalue weighted by Gasteiger charge is -2.05. The number of hydrogen-bond acceptors (Lipinski definition) is 6. The highest BCUT2D eigenvalue weighted by atomic mass is 35.5. The Labute approximate surface area is 136 Å². The number of nitrogens with two attached hydrogens (primary N) is 1. The van der Waals surface area contributed by atoms with Crippen LogP contribution in [0.5, 0.6) is 0 Å². The molecule has 2 heterocycles. The monoisotopic (exact) mass is 333 g/mol. The molecule has 9 heteroatoms. The lowest BCUT2D eigenvalue weighted by molar-refractivity contribution is 0.618. The van der Waals surface area contributed by atoms with E-state index >= 15 is 0 Å². The number of aromatic nitrogens is 5. The molecule has 0 saturated heterocycles. The normalized spacial score (nSPS) is 10.7. The van der Waals surface area contributed by atoms with Crippen LogP contribution in [-0.4, -0.2) is 24.7 Å². The summed E-state index contributed by atoms with van der Waals surface area (Å²) >= 11 is 5.99. The molecule has 0 fully saturated rings. The Morgan fingerprint density at radius 3 is 2.96 bits per heavy atom. The van der Waals surface area contributed by atoms with E-state index in [4.69, 9.17) is 17.3 Å². The third kappa shape index (κ3) is 3.72. The van der Waals surface area contributed by atoms with Crippen molar-refractivity contribution in [2.45, 2.75) is 13.1 Å². The molecule has 7 nitrogen and oxygen atoms in total. The fourth-order valence-corrected chi connectivity index (χ4v) is 2.15. The van der Waals surface area contributed by atoms with Crippen LogP contribution in [0.25, 0.3) is 0 Å². The minimum atomic E-state index is -0.277. The molecule has 0 bridgehead atoms. The Kier molecular flexibility index (Phi) is 4.33. The number of halogens is 2. The van der Waals surface area contributed by atoms with Crippen molar-refractivity contribution in [3.8, 4) is 0 Å². The number of nitrogens with zero attached hydrogens (tertiary/aromatic N) is 5. The van der Waals surface area contributed by atoms with E-state index in [0.717, 1.165) is 5.56 Å². The maximum absolute atomic E-state index is 13.2. The summed E-state index contributed by atoms with van der Waals surface area (Å²) in [5, 5.41) is 7.56. The van der Waals surface area contributed by atoms with Gasteiger partial charge >= 0.3 is 0 Å². The summed E-state index contributed by atoms with van der Waals surface area (Å²) in [4.78, 5) is 12.0. The SMILES string of the molecule is Nc1ncnc(NCc2ncn(Cc3cccc(F)c3)n2)c1Cl. The zero-order chi connectivity index (χ0) is 16.2. The molecule has 23 heavy (non-hydrogen) atoms. The summed E-state index contributed by atoms with van der Waals surface area (Å²) in [7, 11) is 0. The first-order valence-electron chi connectivity index (χ1n) is 6.74. The van der Waals surface area contributed by atoms with Gasteiger partial charge in [-0.2, -0.15) is 5.10 Å². The second-order valence-electron chi connectivity index (χ2n) is 4.76. The molecule has 0 amide bonds. The van der Waals surface area contributed by atoms with Gasteiger partial charge in [-0.25, -0.2) is 24.0 Å². The average molecular weight is 334 g/mol. The fraction of sp³-hybridized carbons (Fsp3) is 0.143. The Balaban J connectivity index is 1.64. The first-order valence-corrected chi connectivity index (χ1v) is 7.12. The molecular weight excluding hydrogens is 321 g/mol. The van der Waals surface area contributed by atoms with Gasteiger partial charge < -0.3 is 11.1 Å². The number of hydrogen-bond donors (Lipinski definition) is 2. The number of anilines is 2. The van der Waals surface area contributed by atoms with Crippen molar-refractivity contribution in [3.63, 3.8) is 0 Å². The maximum atomic E-state index is 13.2. The van der Waals surface area contributed by atoms with Crippen molar-refractivity contribution in [2.75, 3.05) is 11.1 Å². The Morgan fingerprint density at radius 2 is 2.13 bits per heavy atom. The molecule has 1 aromatic carbocycles. The molecule has 118 valence electrons. The second kappa shape index (κ2) is 6.57. The van der Waals surface area contributed by atoms with Gasteiger partial charge in [-0.3, -0.25) is 0 Å². The minimum Gasteiger partial charge on any atom is -0.382 e. The van der Waals surface area contributed by atoms with E-state index in [9.17, 15) is 4.39 Å². The third-order valence-electron chi connectivity index (χ3n) is 3.05. The van der Waals surface area contributed by atoms with E-state index < -0.39 is 0 Å². The van der Waals surface area contributed by atoms with Crippen molar-refractivity contribution in [3.05, 3.63) is 59.1 Å². The lowest BCUT2D eigenvalue weighted by Crippen LogP contribution is -2.07. The number of benzene rings is 1. The van der Waals surface area contributed by atoms with Gasteiger partial charge in [-0.05, 0) is 17.7 Å². The van der Waals surface area contributed by atoms with Gasteiger partial charge in [0.2, 0.25) is 0 Å². The van der Waals surface area contributed by atoms with Gasteiger partial charge in [-0.1, -0.05) is 23.7 Å². The van der Waals surface area contributed by atoms with Gasteiger partial charge in [0.05, 0.1) is 13.1 Å². The van der Waals surface area contributed by atoms with E-state index in [1.165, 1.54) is 18.5 Å². The Hall–Kier alpha value is -2.74. The topological polar surface area (TPSA) is 94.5 Å². The first-order chi connectivity index (χ1) is 11.1. The Morgan fingerprint density at radius 1 is 1.26 bits per heavy atom. The van der Waals surface area contributed by atoms with Gasteiger partial charge in [-0.15, -0.1) is 0 Å². The van der Waals surface area contributed by atoms with Crippen LogP contribution in [0.2, 0.25) is 5.02 Å². The van der Waals surface area contributed by atoms with Gasteiger partial charge in [0, 0.05) is 0 Å². The summed E-state index contributed by atoms with van der Waals surface area (Å²) in [6, 6.07) is 6.35. The minimum absolute atomic E-state index is 0.203. The molecule has 0 saturated carbocycles. The zero-order valence-electron chi connectivity index (χ0n) is 11.9. The molecular formula is C14H13ClFN7. The highest BCUT2D eigenvalue weighted by Gasteiger charge is 2.08. The molecule has 0 aliphatic carbocycles. The van der Waals surface area contributed by atoms with Crippen molar-refractivity contribution in [2.24, 2.45) is 0 Å². The molecule has 0 atom stereocenters. The lowest BCUT2D eigenvalue weighted by atomic mass is 10.2. The van der Waals surface area contributed by atoms with Crippen LogP contribution >= 0.6 is 11.6 Å². The number of nitrogen functional groups attached to an aromatic ring is 1. The quantitative estimate of drug-likeness (QED) is 0.742. The molecule has 0 spiro atoms. The molecule has 3 rings (SSSR count). The van der Waals surface area contributed by atoms with Crippen LogP contribution in [0, 0.1) is 5.82 Å². The molecule has 2 aromatic heterocycles. The van der Waals surface area contributed by atoms with E-state index in [2.05, 4.69) is 25.4 Å². The number of nitrogens with one attached hydrogen (secondary N) is 1. The van der Waals surface area contributed by atoms with Crippen LogP contribution in [0.15, 0.2) is 36.9 Å². The van der Waals surface area contributed by atoms with E-state index in [0.29, 0.717) is 24.7 Å². The maximum Gasteiger partial charge on any atom is 0.169 e. The fourth-order valence-electron chi connectivity index (χ4n) is 1.98. The smallest absolute Gasteiger partial charge is 0.169 e. The molecule has 3 N–H and O–H groups in total. The van der Waals surface area contributed by atoms with Gasteiger partial charge in [0.15, 0.2) is 11.6 Å². The van der Waals surface area contributed by atoms with Crippen LogP contribution < -0.4 is 11.1 Å². The van der Waals surface area contributed by atoms with Gasteiger partial charge in [0.1, 0.15) is 29.3 Å². The second-order valence-corrected chi connectivity index (χ2v) is 5.14. The molecule has 0 radical (unpaired) electrons. The van der Waals surface area contributed by atoms with E-state index in [-0.39, 0.29) is 16.7 Å². The van der Waals surface area contributed by atoms with Crippen LogP contribution in [-0.2, 0) is 13.1 Å². The van der Waals surface area contributed by atoms with E-state index in [1.807, 2.05) is 6.07 Å². The summed E-state index contributed by atoms with van der Waals surface area (Å²) in [5.74, 6) is 0.893. The average Bonchev–Trinajstić information content (AvgIpc) is 2.96. The summed E-state index contributed by atoms with van der Waals surface area (Å²) in [6.07, 6.45) is 2.90. The molecule has 0 aliphatic rings. The highest BCUT2D eigenvalue weighted by molar-refractivity contribution is 6.35. The molecule has 3 aromatic rings. The standard InChI is InChI=1S/C14H13ClFN7/c15-12-13(17)19-7-20-14(12)18-5-11-21-8-23(22-11)6-9-2-1-3-10(16)4-9/h1-4,7-8H,5-6H2,(H3,17,18,19,20). The summed E-state index contributed by atoms with van der Waals surface area (Å²) < 4.78 is 14.8.